The molecule has 1 aliphatic carbocycles. The van der Waals surface area contributed by atoms with Crippen LogP contribution in [0.1, 0.15) is 0 Å². The SMILES string of the molecule is [C-]#[N+]c1ccc(-c2ccc(-c3ccc4c(c3)-c3cccc5cccc-4c35)cc2)c(-c2cccc(-c3nc(-c4ccccc4)nc(-c4cccc(-c5ccccc5)c4)n3)c2)c1. The first kappa shape index (κ1) is 34.9. The second-order valence-electron chi connectivity index (χ2n) is 15.1. The minimum atomic E-state index is 0.576. The summed E-state index contributed by atoms with van der Waals surface area (Å²) in [5.74, 6) is 1.78. The molecule has 11 rings (SSSR count). The summed E-state index contributed by atoms with van der Waals surface area (Å²) in [5.41, 5.74) is 17.0. The highest BCUT2D eigenvalue weighted by molar-refractivity contribution is 6.15. The molecule has 0 saturated heterocycles. The van der Waals surface area contributed by atoms with Gasteiger partial charge in [-0.3, -0.25) is 0 Å². The van der Waals surface area contributed by atoms with Crippen molar-refractivity contribution < 1.29 is 0 Å². The molecule has 0 aliphatic heterocycles. The molecule has 1 aromatic heterocycles. The van der Waals surface area contributed by atoms with E-state index in [9.17, 15) is 0 Å². The molecular formula is C56H34N4. The summed E-state index contributed by atoms with van der Waals surface area (Å²) in [6.45, 7) is 7.89. The zero-order chi connectivity index (χ0) is 40.0. The van der Waals surface area contributed by atoms with Crippen molar-refractivity contribution in [1.29, 1.82) is 0 Å². The van der Waals surface area contributed by atoms with Crippen molar-refractivity contribution in [3.05, 3.63) is 218 Å². The van der Waals surface area contributed by atoms with Gasteiger partial charge in [-0.1, -0.05) is 182 Å². The van der Waals surface area contributed by atoms with Gasteiger partial charge in [0.15, 0.2) is 23.2 Å². The molecule has 0 amide bonds. The summed E-state index contributed by atoms with van der Waals surface area (Å²) in [4.78, 5) is 19.0. The third kappa shape index (κ3) is 6.23. The van der Waals surface area contributed by atoms with Crippen LogP contribution in [0.5, 0.6) is 0 Å². The van der Waals surface area contributed by atoms with E-state index >= 15 is 0 Å². The van der Waals surface area contributed by atoms with Crippen molar-refractivity contribution in [2.75, 3.05) is 0 Å². The van der Waals surface area contributed by atoms with Crippen LogP contribution < -0.4 is 0 Å². The van der Waals surface area contributed by atoms with E-state index in [0.717, 1.165) is 55.6 Å². The molecule has 9 aromatic carbocycles. The lowest BCUT2D eigenvalue weighted by Gasteiger charge is -2.14. The van der Waals surface area contributed by atoms with E-state index in [1.54, 1.807) is 0 Å². The highest BCUT2D eigenvalue weighted by atomic mass is 15.0. The van der Waals surface area contributed by atoms with Crippen molar-refractivity contribution in [3.63, 3.8) is 0 Å². The fraction of sp³-hybridized carbons (Fsp3) is 0. The number of rotatable bonds is 7. The van der Waals surface area contributed by atoms with Crippen LogP contribution in [0.25, 0.3) is 117 Å². The van der Waals surface area contributed by atoms with Gasteiger partial charge in [-0.25, -0.2) is 19.8 Å². The summed E-state index contributed by atoms with van der Waals surface area (Å²) in [6, 6.07) is 71.7. The molecule has 10 aromatic rings. The van der Waals surface area contributed by atoms with Crippen molar-refractivity contribution in [1.82, 2.24) is 15.0 Å². The minimum Gasteiger partial charge on any atom is -0.238 e. The molecular weight excluding hydrogens is 729 g/mol. The van der Waals surface area contributed by atoms with Gasteiger partial charge in [0.25, 0.3) is 0 Å². The first-order chi connectivity index (χ1) is 29.7. The van der Waals surface area contributed by atoms with Gasteiger partial charge in [-0.05, 0) is 102 Å². The zero-order valence-electron chi connectivity index (χ0n) is 32.4. The first-order valence-electron chi connectivity index (χ1n) is 20.0. The van der Waals surface area contributed by atoms with E-state index in [1.807, 2.05) is 84.9 Å². The smallest absolute Gasteiger partial charge is 0.187 e. The summed E-state index contributed by atoms with van der Waals surface area (Å²) in [7, 11) is 0. The Balaban J connectivity index is 0.969. The van der Waals surface area contributed by atoms with Gasteiger partial charge in [0, 0.05) is 16.7 Å². The third-order valence-electron chi connectivity index (χ3n) is 11.5. The highest BCUT2D eigenvalue weighted by Crippen LogP contribution is 2.48. The van der Waals surface area contributed by atoms with Crippen LogP contribution >= 0.6 is 0 Å². The maximum atomic E-state index is 7.89. The van der Waals surface area contributed by atoms with Gasteiger partial charge in [0.1, 0.15) is 0 Å². The first-order valence-corrected chi connectivity index (χ1v) is 20.0. The molecule has 278 valence electrons. The Labute approximate surface area is 348 Å². The highest BCUT2D eigenvalue weighted by Gasteiger charge is 2.22. The second kappa shape index (κ2) is 14.6. The number of aromatic nitrogens is 3. The van der Waals surface area contributed by atoms with Crippen molar-refractivity contribution in [2.24, 2.45) is 0 Å². The fourth-order valence-corrected chi connectivity index (χ4v) is 8.55. The van der Waals surface area contributed by atoms with E-state index in [0.29, 0.717) is 23.2 Å². The number of fused-ring (bicyclic) bond motifs is 3. The van der Waals surface area contributed by atoms with Crippen LogP contribution in [-0.2, 0) is 0 Å². The lowest BCUT2D eigenvalue weighted by molar-refractivity contribution is 1.07. The van der Waals surface area contributed by atoms with Crippen LogP contribution in [0, 0.1) is 6.57 Å². The predicted octanol–water partition coefficient (Wildman–Crippen LogP) is 14.9. The summed E-state index contributed by atoms with van der Waals surface area (Å²) < 4.78 is 0. The summed E-state index contributed by atoms with van der Waals surface area (Å²) in [6.07, 6.45) is 0. The lowest BCUT2D eigenvalue weighted by atomic mass is 9.91. The zero-order valence-corrected chi connectivity index (χ0v) is 32.4. The van der Waals surface area contributed by atoms with Gasteiger partial charge in [-0.2, -0.15) is 0 Å². The van der Waals surface area contributed by atoms with E-state index in [1.165, 1.54) is 38.6 Å². The lowest BCUT2D eigenvalue weighted by Crippen LogP contribution is -2.00. The number of hydrogen-bond acceptors (Lipinski definition) is 3. The molecule has 0 spiro atoms. The fourth-order valence-electron chi connectivity index (χ4n) is 8.55. The molecule has 0 unspecified atom stereocenters. The van der Waals surface area contributed by atoms with Gasteiger partial charge < -0.3 is 0 Å². The Kier molecular flexibility index (Phi) is 8.50. The van der Waals surface area contributed by atoms with Gasteiger partial charge in [0.05, 0.1) is 6.57 Å². The van der Waals surface area contributed by atoms with Crippen LogP contribution in [0.2, 0.25) is 0 Å². The molecule has 0 fully saturated rings. The summed E-state index contributed by atoms with van der Waals surface area (Å²) >= 11 is 0. The van der Waals surface area contributed by atoms with Crippen LogP contribution in [0.15, 0.2) is 206 Å². The molecule has 0 saturated carbocycles. The average molecular weight is 763 g/mol. The quantitative estimate of drug-likeness (QED) is 0.152. The Hall–Kier alpha value is -8.26. The van der Waals surface area contributed by atoms with Crippen molar-refractivity contribution in [3.8, 4) is 101 Å². The largest absolute Gasteiger partial charge is 0.238 e. The number of nitrogens with zero attached hydrogens (tertiary/aromatic N) is 4. The standard InChI is InChI=1S/C56H34N4/c1-57-46-29-31-47(38-26-24-37(25-27-38)42-28-30-48-49-22-10-16-39-17-11-23-50(53(39)49)52(48)34-42)51(35-46)43-19-9-21-45(33-43)56-59-54(40-14-6-3-7-15-40)58-55(60-56)44-20-8-18-41(32-44)36-12-4-2-5-13-36/h2-35H. The minimum absolute atomic E-state index is 0.576. The predicted molar refractivity (Wildman–Crippen MR) is 246 cm³/mol. The van der Waals surface area contributed by atoms with E-state index in [-0.39, 0.29) is 0 Å². The molecule has 0 radical (unpaired) electrons. The Morgan fingerprint density at radius 2 is 0.767 bits per heavy atom. The Morgan fingerprint density at radius 1 is 0.283 bits per heavy atom. The number of hydrogen-bond donors (Lipinski definition) is 0. The van der Waals surface area contributed by atoms with Crippen molar-refractivity contribution in [2.45, 2.75) is 0 Å². The van der Waals surface area contributed by atoms with E-state index in [2.05, 4.69) is 126 Å². The molecule has 4 nitrogen and oxygen atoms in total. The molecule has 1 aliphatic rings. The van der Waals surface area contributed by atoms with Crippen LogP contribution in [-0.4, -0.2) is 15.0 Å². The molecule has 0 bridgehead atoms. The monoisotopic (exact) mass is 762 g/mol. The Bertz CT molecular complexity index is 3300. The molecule has 60 heavy (non-hydrogen) atoms. The van der Waals surface area contributed by atoms with Crippen LogP contribution in [0.3, 0.4) is 0 Å². The normalized spacial score (nSPS) is 11.3. The second-order valence-corrected chi connectivity index (χ2v) is 15.1. The average Bonchev–Trinajstić information content (AvgIpc) is 3.66. The van der Waals surface area contributed by atoms with E-state index < -0.39 is 0 Å². The van der Waals surface area contributed by atoms with Crippen LogP contribution in [0.4, 0.5) is 5.69 Å². The van der Waals surface area contributed by atoms with Gasteiger partial charge >= 0.3 is 0 Å². The van der Waals surface area contributed by atoms with Gasteiger partial charge in [-0.15, -0.1) is 0 Å². The summed E-state index contributed by atoms with van der Waals surface area (Å²) in [5, 5.41) is 2.61. The van der Waals surface area contributed by atoms with Crippen molar-refractivity contribution >= 4 is 16.5 Å². The Morgan fingerprint density at radius 3 is 1.45 bits per heavy atom. The molecule has 4 heteroatoms. The maximum Gasteiger partial charge on any atom is 0.187 e. The third-order valence-corrected chi connectivity index (χ3v) is 11.5. The van der Waals surface area contributed by atoms with E-state index in [4.69, 9.17) is 21.5 Å². The molecule has 0 N–H and O–H groups in total. The van der Waals surface area contributed by atoms with Gasteiger partial charge in [0.2, 0.25) is 0 Å². The topological polar surface area (TPSA) is 43.0 Å². The molecule has 0 atom stereocenters. The number of benzene rings is 9. The maximum absolute atomic E-state index is 7.89. The molecule has 1 heterocycles.